The summed E-state index contributed by atoms with van der Waals surface area (Å²) >= 11 is 0. The summed E-state index contributed by atoms with van der Waals surface area (Å²) in [4.78, 5) is 21.2. The van der Waals surface area contributed by atoms with Crippen LogP contribution in [0.25, 0.3) is 5.32 Å². The van der Waals surface area contributed by atoms with Crippen LogP contribution in [-0.2, 0) is 44.5 Å². The summed E-state index contributed by atoms with van der Waals surface area (Å²) in [6.45, 7) is 24.8. The number of benzene rings is 1. The zero-order valence-electron chi connectivity index (χ0n) is 39.0. The van der Waals surface area contributed by atoms with E-state index in [0.29, 0.717) is 0 Å². The molecule has 0 spiro atoms. The second kappa shape index (κ2) is 40.2. The summed E-state index contributed by atoms with van der Waals surface area (Å²) in [5, 5.41) is 4.19. The Bertz CT molecular complexity index is 1210. The van der Waals surface area contributed by atoms with Gasteiger partial charge in [-0.05, 0) is 143 Å². The first kappa shape index (κ1) is 57.9. The van der Waals surface area contributed by atoms with Crippen LogP contribution in [0.1, 0.15) is 57.9 Å². The number of anilines is 1. The van der Waals surface area contributed by atoms with Gasteiger partial charge in [0.25, 0.3) is 0 Å². The Kier molecular flexibility index (Phi) is 40.1. The van der Waals surface area contributed by atoms with E-state index in [1.807, 2.05) is 76.1 Å². The number of likely N-dealkylation sites (tertiary alicyclic amines) is 2. The summed E-state index contributed by atoms with van der Waals surface area (Å²) < 4.78 is 6.99. The van der Waals surface area contributed by atoms with E-state index in [9.17, 15) is 0 Å². The van der Waals surface area contributed by atoms with Gasteiger partial charge in [-0.1, -0.05) is 38.1 Å². The van der Waals surface area contributed by atoms with Crippen molar-refractivity contribution < 1.29 is 37.4 Å². The second-order valence-electron chi connectivity index (χ2n) is 15.4. The summed E-state index contributed by atoms with van der Waals surface area (Å²) in [5.74, 6) is 0. The number of morpholine rings is 1. The molecular formula is C46H85N10OY-. The van der Waals surface area contributed by atoms with Crippen LogP contribution in [0.15, 0.2) is 85.9 Å². The Hall–Kier alpha value is -2.22. The Labute approximate surface area is 382 Å². The van der Waals surface area contributed by atoms with Gasteiger partial charge in [0.2, 0.25) is 0 Å². The zero-order valence-corrected chi connectivity index (χ0v) is 41.9. The third-order valence-electron chi connectivity index (χ3n) is 9.39. The number of rotatable bonds is 4. The molecule has 0 unspecified atom stereocenters. The molecule has 1 aromatic carbocycles. The molecule has 0 N–H and O–H groups in total. The Balaban J connectivity index is 0. The van der Waals surface area contributed by atoms with Gasteiger partial charge in [0.1, 0.15) is 0 Å². The van der Waals surface area contributed by atoms with Gasteiger partial charge in [-0.15, -0.1) is 13.1 Å². The third kappa shape index (κ3) is 38.0. The third-order valence-corrected chi connectivity index (χ3v) is 9.39. The molecule has 4 fully saturated rings. The molecule has 11 nitrogen and oxygen atoms in total. The van der Waals surface area contributed by atoms with Crippen LogP contribution < -0.4 is 4.90 Å². The van der Waals surface area contributed by atoms with Gasteiger partial charge < -0.3 is 44.0 Å². The number of allylic oxidation sites excluding steroid dienone is 1. The van der Waals surface area contributed by atoms with Crippen LogP contribution in [0.3, 0.4) is 0 Å². The van der Waals surface area contributed by atoms with Crippen LogP contribution >= 0.6 is 0 Å². The summed E-state index contributed by atoms with van der Waals surface area (Å²) in [7, 11) is 16.7. The number of hydrogen-bond donors (Lipinski definition) is 0. The largest absolute Gasteiger partial charge is 0.660 e. The molecular weight excluding hydrogens is 797 g/mol. The Morgan fingerprint density at radius 2 is 1.17 bits per heavy atom. The van der Waals surface area contributed by atoms with Crippen molar-refractivity contribution in [2.75, 3.05) is 139 Å². The maximum absolute atomic E-state index is 5.10. The predicted molar refractivity (Wildman–Crippen MR) is 248 cm³/mol. The van der Waals surface area contributed by atoms with Crippen LogP contribution in [0.5, 0.6) is 0 Å². The monoisotopic (exact) mass is 883 g/mol. The molecule has 6 heterocycles. The van der Waals surface area contributed by atoms with E-state index in [4.69, 9.17) is 4.74 Å². The number of likely N-dealkylation sites (N-methyl/N-ethyl adjacent to an activating group) is 2. The van der Waals surface area contributed by atoms with E-state index in [1.165, 1.54) is 76.0 Å². The van der Waals surface area contributed by atoms with Crippen LogP contribution in [-0.4, -0.2) is 174 Å². The zero-order chi connectivity index (χ0) is 42.5. The predicted octanol–water partition coefficient (Wildman–Crippen LogP) is 7.49. The number of nitrogens with zero attached hydrogens (tertiary/aromatic N) is 10. The van der Waals surface area contributed by atoms with Gasteiger partial charge in [-0.2, -0.15) is 0 Å². The minimum absolute atomic E-state index is 0. The van der Waals surface area contributed by atoms with Crippen molar-refractivity contribution in [3.63, 3.8) is 0 Å². The molecule has 7 rings (SSSR count). The van der Waals surface area contributed by atoms with Gasteiger partial charge in [0, 0.05) is 117 Å². The first-order valence-electron chi connectivity index (χ1n) is 21.2. The molecule has 12 heteroatoms. The first-order chi connectivity index (χ1) is 27.3. The smallest absolute Gasteiger partial charge is 0.0943 e. The summed E-state index contributed by atoms with van der Waals surface area (Å²) in [6, 6.07) is 14.2. The van der Waals surface area contributed by atoms with Crippen LogP contribution in [0, 0.1) is 6.92 Å². The van der Waals surface area contributed by atoms with Crippen LogP contribution in [0.2, 0.25) is 0 Å². The maximum atomic E-state index is 5.10. The fraction of sp³-hybridized carbons (Fsp3) is 0.652. The quantitative estimate of drug-likeness (QED) is 0.265. The van der Waals surface area contributed by atoms with E-state index in [0.717, 1.165) is 64.7 Å². The Morgan fingerprint density at radius 3 is 1.40 bits per heavy atom. The minimum Gasteiger partial charge on any atom is -0.660 e. The number of pyridine rings is 1. The molecule has 3 aromatic rings. The molecule has 4 aliphatic heterocycles. The number of para-hydroxylation sites is 1. The molecule has 329 valence electrons. The number of aryl methyl sites for hydroxylation is 2. The number of hydrogen-bond acceptors (Lipinski definition) is 9. The summed E-state index contributed by atoms with van der Waals surface area (Å²) in [6.07, 6.45) is 17.3. The molecule has 0 aliphatic carbocycles. The van der Waals surface area contributed by atoms with Crippen molar-refractivity contribution in [2.45, 2.75) is 59.3 Å². The van der Waals surface area contributed by atoms with Gasteiger partial charge in [0.15, 0.2) is 0 Å². The SMILES string of the molecule is C=C(C)N(C)CCC.CN(C)c1ccccc1.CN1CCCC1.CN1CCCCC1.CN1CCOCC1.CN1CC[N-]CC1.Cc1ccncc1.Cn1ccnc1.[Y]. The average molecular weight is 883 g/mol. The molecule has 2 aromatic heterocycles. The van der Waals surface area contributed by atoms with Crippen molar-refractivity contribution >= 4 is 5.69 Å². The number of piperidine rings is 1. The van der Waals surface area contributed by atoms with Gasteiger partial charge in [-0.25, -0.2) is 4.98 Å². The fourth-order valence-corrected chi connectivity index (χ4v) is 5.29. The normalized spacial score (nSPS) is 16.4. The topological polar surface area (TPSA) is 73.5 Å². The molecule has 58 heavy (non-hydrogen) atoms. The van der Waals surface area contributed by atoms with Crippen molar-refractivity contribution in [1.82, 2.24) is 39.0 Å². The second-order valence-corrected chi connectivity index (χ2v) is 15.4. The average Bonchev–Trinajstić information content (AvgIpc) is 3.91. The van der Waals surface area contributed by atoms with E-state index >= 15 is 0 Å². The molecule has 0 bridgehead atoms. The minimum atomic E-state index is 0. The Morgan fingerprint density at radius 1 is 0.690 bits per heavy atom. The molecule has 0 saturated carbocycles. The summed E-state index contributed by atoms with van der Waals surface area (Å²) in [5.41, 5.74) is 3.65. The van der Waals surface area contributed by atoms with E-state index < -0.39 is 0 Å². The van der Waals surface area contributed by atoms with Crippen LogP contribution in [0.4, 0.5) is 5.69 Å². The number of piperazine rings is 1. The number of ether oxygens (including phenoxy) is 1. The number of imidazole rings is 1. The standard InChI is InChI=1S/C8H11N.C7H15N.C6H7N.C6H13N.C5H11N2.C5H11NO.C5H11N.C4H6N2.Y/c1-9(2)8-6-4-3-5-7-8;1-5-6-8(4)7(2)3;1-6-2-4-7-5-3-6;1-7-5-3-2-4-6-7;1-7-4-2-6-3-5-7;1-6-2-4-7-5-3-6;1-6-4-2-3-5-6;1-6-3-2-5-4-6;/h3-7H,1-2H3;2,5-6H2,1,3-4H3;2-5H,1H3;2-6H2,1H3;2*2-5H2,1H3;2-5H2,1H3;2-4H,1H3;/q;;;;-1;;;;. The van der Waals surface area contributed by atoms with E-state index in [-0.39, 0.29) is 32.7 Å². The molecule has 4 saturated heterocycles. The first-order valence-corrected chi connectivity index (χ1v) is 21.2. The van der Waals surface area contributed by atoms with Gasteiger partial charge in [-0.3, -0.25) is 4.98 Å². The number of aromatic nitrogens is 3. The molecule has 0 amide bonds. The van der Waals surface area contributed by atoms with Crippen molar-refractivity contribution in [3.8, 4) is 0 Å². The fourth-order valence-electron chi connectivity index (χ4n) is 5.29. The molecule has 1 radical (unpaired) electrons. The maximum Gasteiger partial charge on any atom is 0.0943 e. The molecule has 4 aliphatic rings. The van der Waals surface area contributed by atoms with E-state index in [1.54, 1.807) is 24.9 Å². The van der Waals surface area contributed by atoms with Crippen molar-refractivity contribution in [2.24, 2.45) is 7.05 Å². The van der Waals surface area contributed by atoms with Gasteiger partial charge >= 0.3 is 0 Å². The van der Waals surface area contributed by atoms with Crippen molar-refractivity contribution in [3.05, 3.63) is 96.7 Å². The van der Waals surface area contributed by atoms with Gasteiger partial charge in [0.05, 0.1) is 19.5 Å². The van der Waals surface area contributed by atoms with Crippen molar-refractivity contribution in [1.29, 1.82) is 0 Å². The van der Waals surface area contributed by atoms with E-state index in [2.05, 4.69) is 106 Å². The molecule has 0 atom stereocenters.